The summed E-state index contributed by atoms with van der Waals surface area (Å²) in [5.41, 5.74) is 1.39. The molecule has 0 bridgehead atoms. The van der Waals surface area contributed by atoms with Crippen LogP contribution in [-0.2, 0) is 11.3 Å². The molecule has 0 saturated heterocycles. The lowest BCUT2D eigenvalue weighted by Crippen LogP contribution is -2.41. The number of hydrogen-bond acceptors (Lipinski definition) is 4. The van der Waals surface area contributed by atoms with Crippen molar-refractivity contribution in [2.75, 3.05) is 0 Å². The Morgan fingerprint density at radius 1 is 1.31 bits per heavy atom. The summed E-state index contributed by atoms with van der Waals surface area (Å²) in [6.07, 6.45) is 1.40. The number of aryl methyl sites for hydroxylation is 1. The fourth-order valence-electron chi connectivity index (χ4n) is 3.58. The van der Waals surface area contributed by atoms with E-state index < -0.39 is 0 Å². The highest BCUT2D eigenvalue weighted by molar-refractivity contribution is 7.10. The standard InChI is InChI=1S/C19H21N3O3S/c23-13-10-12(11-13)18(16-6-3-9-26-16)21-17(24)7-8-22-15-5-2-1-4-14(15)20-19(22)25/h1-6,9,12-13,18,23H,7-8,10-11H2,(H,20,25)(H,21,24)/t12?,13?,18-/m0/s1. The molecule has 26 heavy (non-hydrogen) atoms. The summed E-state index contributed by atoms with van der Waals surface area (Å²) in [7, 11) is 0. The molecule has 7 heteroatoms. The molecular formula is C19H21N3O3S. The van der Waals surface area contributed by atoms with Gasteiger partial charge in [0.05, 0.1) is 23.2 Å². The number of aliphatic hydroxyl groups excluding tert-OH is 1. The molecule has 0 spiro atoms. The van der Waals surface area contributed by atoms with Crippen molar-refractivity contribution >= 4 is 28.3 Å². The van der Waals surface area contributed by atoms with E-state index in [2.05, 4.69) is 10.3 Å². The molecule has 1 aliphatic rings. The highest BCUT2D eigenvalue weighted by Crippen LogP contribution is 2.39. The zero-order chi connectivity index (χ0) is 18.1. The van der Waals surface area contributed by atoms with Gasteiger partial charge in [0.15, 0.2) is 0 Å². The third-order valence-electron chi connectivity index (χ3n) is 5.03. The molecule has 1 saturated carbocycles. The van der Waals surface area contributed by atoms with Crippen LogP contribution in [0.25, 0.3) is 11.0 Å². The van der Waals surface area contributed by atoms with E-state index in [1.807, 2.05) is 41.8 Å². The van der Waals surface area contributed by atoms with E-state index in [0.29, 0.717) is 19.4 Å². The molecule has 6 nitrogen and oxygen atoms in total. The molecule has 1 aliphatic carbocycles. The maximum atomic E-state index is 12.5. The van der Waals surface area contributed by atoms with Crippen molar-refractivity contribution < 1.29 is 9.90 Å². The Labute approximate surface area is 154 Å². The lowest BCUT2D eigenvalue weighted by molar-refractivity contribution is -0.123. The van der Waals surface area contributed by atoms with Gasteiger partial charge in [0, 0.05) is 17.8 Å². The van der Waals surface area contributed by atoms with Gasteiger partial charge < -0.3 is 15.4 Å². The Bertz CT molecular complexity index is 954. The molecule has 0 radical (unpaired) electrons. The second kappa shape index (κ2) is 7.09. The van der Waals surface area contributed by atoms with E-state index in [-0.39, 0.29) is 36.1 Å². The van der Waals surface area contributed by atoms with Crippen LogP contribution in [0.2, 0.25) is 0 Å². The maximum Gasteiger partial charge on any atom is 0.326 e. The molecule has 1 fully saturated rings. The SMILES string of the molecule is O=C(CCn1c(=O)[nH]c2ccccc21)N[C@H](c1cccs1)C1CC(O)C1. The van der Waals surface area contributed by atoms with Crippen LogP contribution in [0.3, 0.4) is 0 Å². The summed E-state index contributed by atoms with van der Waals surface area (Å²) < 4.78 is 1.60. The molecule has 4 rings (SSSR count). The molecule has 3 N–H and O–H groups in total. The maximum absolute atomic E-state index is 12.5. The number of hydrogen-bond donors (Lipinski definition) is 3. The van der Waals surface area contributed by atoms with Gasteiger partial charge in [0.25, 0.3) is 0 Å². The number of aromatic nitrogens is 2. The number of nitrogens with zero attached hydrogens (tertiary/aromatic N) is 1. The first-order valence-corrected chi connectivity index (χ1v) is 9.68. The number of imidazole rings is 1. The second-order valence-corrected chi connectivity index (χ2v) is 7.77. The topological polar surface area (TPSA) is 87.1 Å². The zero-order valence-electron chi connectivity index (χ0n) is 14.2. The Morgan fingerprint density at radius 3 is 2.85 bits per heavy atom. The minimum absolute atomic E-state index is 0.0643. The van der Waals surface area contributed by atoms with Gasteiger partial charge in [-0.05, 0) is 42.3 Å². The van der Waals surface area contributed by atoms with Crippen LogP contribution < -0.4 is 11.0 Å². The van der Waals surface area contributed by atoms with Gasteiger partial charge in [-0.1, -0.05) is 18.2 Å². The molecule has 136 valence electrons. The first-order chi connectivity index (χ1) is 12.6. The minimum atomic E-state index is -0.260. The Balaban J connectivity index is 1.44. The van der Waals surface area contributed by atoms with E-state index in [4.69, 9.17) is 0 Å². The molecule has 2 heterocycles. The highest BCUT2D eigenvalue weighted by atomic mass is 32.1. The number of nitrogens with one attached hydrogen (secondary N) is 2. The van der Waals surface area contributed by atoms with Gasteiger partial charge in [0.1, 0.15) is 0 Å². The number of aliphatic hydroxyl groups is 1. The molecule has 1 atom stereocenters. The van der Waals surface area contributed by atoms with Crippen molar-refractivity contribution in [3.63, 3.8) is 0 Å². The minimum Gasteiger partial charge on any atom is -0.393 e. The molecule has 0 aliphatic heterocycles. The zero-order valence-corrected chi connectivity index (χ0v) is 15.0. The average molecular weight is 371 g/mol. The van der Waals surface area contributed by atoms with Gasteiger partial charge in [-0.3, -0.25) is 9.36 Å². The number of carbonyl (C=O) groups is 1. The number of amides is 1. The fourth-order valence-corrected chi connectivity index (χ4v) is 4.45. The van der Waals surface area contributed by atoms with Crippen molar-refractivity contribution in [1.29, 1.82) is 0 Å². The number of thiophene rings is 1. The van der Waals surface area contributed by atoms with Crippen molar-refractivity contribution in [2.45, 2.75) is 38.0 Å². The Hall–Kier alpha value is -2.38. The van der Waals surface area contributed by atoms with Crippen molar-refractivity contribution in [3.05, 3.63) is 57.1 Å². The predicted octanol–water partition coefficient (Wildman–Crippen LogP) is 2.41. The van der Waals surface area contributed by atoms with Crippen LogP contribution in [0.5, 0.6) is 0 Å². The summed E-state index contributed by atoms with van der Waals surface area (Å²) in [6.45, 7) is 0.332. The van der Waals surface area contributed by atoms with Gasteiger partial charge in [-0.2, -0.15) is 0 Å². The number of aromatic amines is 1. The van der Waals surface area contributed by atoms with Crippen LogP contribution >= 0.6 is 11.3 Å². The lowest BCUT2D eigenvalue weighted by Gasteiger charge is -2.37. The summed E-state index contributed by atoms with van der Waals surface area (Å²) in [4.78, 5) is 28.5. The first kappa shape index (κ1) is 17.1. The van der Waals surface area contributed by atoms with Gasteiger partial charge in [-0.25, -0.2) is 4.79 Å². The normalized spacial score (nSPS) is 20.7. The fraction of sp³-hybridized carbons (Fsp3) is 0.368. The Kier molecular flexibility index (Phi) is 4.65. The summed E-state index contributed by atoms with van der Waals surface area (Å²) in [6, 6.07) is 11.4. The predicted molar refractivity (Wildman–Crippen MR) is 101 cm³/mol. The summed E-state index contributed by atoms with van der Waals surface area (Å²) in [5.74, 6) is 0.186. The number of rotatable bonds is 6. The van der Waals surface area contributed by atoms with E-state index in [1.54, 1.807) is 15.9 Å². The molecule has 1 aromatic carbocycles. The molecule has 1 amide bonds. The van der Waals surface area contributed by atoms with Gasteiger partial charge in [-0.15, -0.1) is 11.3 Å². The summed E-state index contributed by atoms with van der Waals surface area (Å²) in [5, 5.41) is 14.7. The largest absolute Gasteiger partial charge is 0.393 e. The molecule has 2 aromatic heterocycles. The van der Waals surface area contributed by atoms with E-state index >= 15 is 0 Å². The average Bonchev–Trinajstić information content (AvgIpc) is 3.23. The quantitative estimate of drug-likeness (QED) is 0.622. The van der Waals surface area contributed by atoms with Crippen molar-refractivity contribution in [1.82, 2.24) is 14.9 Å². The second-order valence-electron chi connectivity index (χ2n) is 6.79. The van der Waals surface area contributed by atoms with Crippen LogP contribution in [0.4, 0.5) is 0 Å². The third kappa shape index (κ3) is 3.32. The van der Waals surface area contributed by atoms with Crippen LogP contribution in [0, 0.1) is 5.92 Å². The third-order valence-corrected chi connectivity index (χ3v) is 5.99. The monoisotopic (exact) mass is 371 g/mol. The molecule has 3 aromatic rings. The van der Waals surface area contributed by atoms with E-state index in [9.17, 15) is 14.7 Å². The number of fused-ring (bicyclic) bond motifs is 1. The molecular weight excluding hydrogens is 350 g/mol. The van der Waals surface area contributed by atoms with E-state index in [0.717, 1.165) is 15.9 Å². The smallest absolute Gasteiger partial charge is 0.326 e. The van der Waals surface area contributed by atoms with Crippen LogP contribution in [-0.4, -0.2) is 26.7 Å². The number of benzene rings is 1. The lowest BCUT2D eigenvalue weighted by atomic mass is 9.76. The van der Waals surface area contributed by atoms with Gasteiger partial charge >= 0.3 is 5.69 Å². The first-order valence-electron chi connectivity index (χ1n) is 8.80. The number of para-hydroxylation sites is 2. The van der Waals surface area contributed by atoms with Gasteiger partial charge in [0.2, 0.25) is 5.91 Å². The highest BCUT2D eigenvalue weighted by Gasteiger charge is 2.36. The van der Waals surface area contributed by atoms with Crippen molar-refractivity contribution in [3.8, 4) is 0 Å². The number of carbonyl (C=O) groups excluding carboxylic acids is 1. The Morgan fingerprint density at radius 2 is 2.12 bits per heavy atom. The number of H-pyrrole nitrogens is 1. The molecule has 0 unspecified atom stereocenters. The van der Waals surface area contributed by atoms with E-state index in [1.165, 1.54) is 0 Å². The van der Waals surface area contributed by atoms with Crippen LogP contribution in [0.1, 0.15) is 30.2 Å². The van der Waals surface area contributed by atoms with Crippen LogP contribution in [0.15, 0.2) is 46.6 Å². The van der Waals surface area contributed by atoms with Crippen molar-refractivity contribution in [2.24, 2.45) is 5.92 Å². The summed E-state index contributed by atoms with van der Waals surface area (Å²) >= 11 is 1.62.